The molecule has 0 saturated carbocycles. The van der Waals surface area contributed by atoms with Crippen LogP contribution in [0.2, 0.25) is 0 Å². The number of nitrogens with one attached hydrogen (secondary N) is 2. The van der Waals surface area contributed by atoms with E-state index in [2.05, 4.69) is 20.1 Å². The molecule has 0 aliphatic rings. The molecule has 2 aromatic carbocycles. The fourth-order valence-electron chi connectivity index (χ4n) is 3.43. The van der Waals surface area contributed by atoms with Gasteiger partial charge in [0, 0.05) is 41.9 Å². The van der Waals surface area contributed by atoms with Crippen molar-refractivity contribution in [3.63, 3.8) is 0 Å². The van der Waals surface area contributed by atoms with Gasteiger partial charge in [0.1, 0.15) is 5.75 Å². The van der Waals surface area contributed by atoms with E-state index in [0.29, 0.717) is 24.4 Å². The Labute approximate surface area is 218 Å². The van der Waals surface area contributed by atoms with Gasteiger partial charge < -0.3 is 10.1 Å². The molecule has 2 aromatic heterocycles. The predicted octanol–water partition coefficient (Wildman–Crippen LogP) is 3.99. The van der Waals surface area contributed by atoms with Gasteiger partial charge in [-0.3, -0.25) is 14.3 Å². The van der Waals surface area contributed by atoms with E-state index in [1.165, 1.54) is 52.5 Å². The number of amides is 1. The smallest absolute Gasteiger partial charge is 0.266 e. The zero-order valence-corrected chi connectivity index (χ0v) is 21.6. The van der Waals surface area contributed by atoms with E-state index in [4.69, 9.17) is 4.74 Å². The van der Waals surface area contributed by atoms with Crippen LogP contribution in [-0.4, -0.2) is 35.7 Å². The molecule has 192 valence electrons. The third kappa shape index (κ3) is 7.02. The van der Waals surface area contributed by atoms with Crippen LogP contribution in [0.4, 0.5) is 10.8 Å². The van der Waals surface area contributed by atoms with Gasteiger partial charge in [-0.25, -0.2) is 18.1 Å². The van der Waals surface area contributed by atoms with Crippen LogP contribution in [0.25, 0.3) is 11.3 Å². The second kappa shape index (κ2) is 11.8. The number of carbonyl (C=O) groups is 1. The summed E-state index contributed by atoms with van der Waals surface area (Å²) in [5.74, 6) is 0.501. The normalized spacial score (nSPS) is 11.2. The lowest BCUT2D eigenvalue weighted by Crippen LogP contribution is -2.23. The first-order chi connectivity index (χ1) is 17.8. The second-order valence-electron chi connectivity index (χ2n) is 7.86. The van der Waals surface area contributed by atoms with Crippen LogP contribution >= 0.6 is 11.3 Å². The molecule has 2 N–H and O–H groups in total. The third-order valence-corrected chi connectivity index (χ3v) is 7.38. The fraction of sp³-hybridized carbons (Fsp3) is 0.200. The molecule has 0 saturated heterocycles. The van der Waals surface area contributed by atoms with Crippen molar-refractivity contribution in [2.24, 2.45) is 0 Å². The number of carbonyl (C=O) groups excluding carboxylic acids is 1. The van der Waals surface area contributed by atoms with Crippen LogP contribution < -0.4 is 20.3 Å². The summed E-state index contributed by atoms with van der Waals surface area (Å²) < 4.78 is 34.0. The lowest BCUT2D eigenvalue weighted by molar-refractivity contribution is -0.116. The highest BCUT2D eigenvalue weighted by Crippen LogP contribution is 2.21. The summed E-state index contributed by atoms with van der Waals surface area (Å²) in [6, 6.07) is 16.4. The molecular formula is C25H25N5O5S2. The molecule has 0 fully saturated rings. The highest BCUT2D eigenvalue weighted by atomic mass is 32.2. The summed E-state index contributed by atoms with van der Waals surface area (Å²) in [6.07, 6.45) is 2.06. The molecule has 0 aliphatic carbocycles. The topological polar surface area (TPSA) is 132 Å². The van der Waals surface area contributed by atoms with Gasteiger partial charge in [0.2, 0.25) is 5.91 Å². The lowest BCUT2D eigenvalue weighted by Gasteiger charge is -2.09. The molecule has 0 atom stereocenters. The van der Waals surface area contributed by atoms with E-state index < -0.39 is 10.0 Å². The molecule has 4 rings (SSSR count). The minimum atomic E-state index is -3.77. The summed E-state index contributed by atoms with van der Waals surface area (Å²) in [4.78, 5) is 28.6. The highest BCUT2D eigenvalue weighted by Gasteiger charge is 2.15. The number of benzene rings is 2. The molecule has 2 heterocycles. The molecule has 0 radical (unpaired) electrons. The van der Waals surface area contributed by atoms with Crippen LogP contribution in [0.1, 0.15) is 19.8 Å². The van der Waals surface area contributed by atoms with Crippen LogP contribution in [0.5, 0.6) is 5.75 Å². The van der Waals surface area contributed by atoms with Gasteiger partial charge in [-0.1, -0.05) is 0 Å². The highest BCUT2D eigenvalue weighted by molar-refractivity contribution is 7.93. The van der Waals surface area contributed by atoms with Crippen molar-refractivity contribution >= 4 is 38.1 Å². The summed E-state index contributed by atoms with van der Waals surface area (Å²) in [5.41, 5.74) is 1.71. The van der Waals surface area contributed by atoms with Crippen molar-refractivity contribution in [2.45, 2.75) is 31.2 Å². The first-order valence-corrected chi connectivity index (χ1v) is 13.8. The van der Waals surface area contributed by atoms with Crippen molar-refractivity contribution in [3.8, 4) is 17.0 Å². The number of rotatable bonds is 11. The molecule has 0 aliphatic heterocycles. The van der Waals surface area contributed by atoms with Crippen molar-refractivity contribution in [3.05, 3.63) is 82.6 Å². The maximum Gasteiger partial charge on any atom is 0.266 e. The molecule has 0 bridgehead atoms. The van der Waals surface area contributed by atoms with Gasteiger partial charge in [0.05, 0.1) is 17.2 Å². The lowest BCUT2D eigenvalue weighted by atomic mass is 10.1. The number of aryl methyl sites for hydroxylation is 1. The zero-order chi connectivity index (χ0) is 26.3. The zero-order valence-electron chi connectivity index (χ0n) is 20.0. The molecule has 0 spiro atoms. The largest absolute Gasteiger partial charge is 0.494 e. The van der Waals surface area contributed by atoms with Gasteiger partial charge in [0.15, 0.2) is 5.13 Å². The molecule has 12 heteroatoms. The van der Waals surface area contributed by atoms with E-state index in [1.807, 2.05) is 31.2 Å². The van der Waals surface area contributed by atoms with E-state index in [0.717, 1.165) is 11.3 Å². The third-order valence-electron chi connectivity index (χ3n) is 5.20. The SMILES string of the molecule is CCOc1ccc(-c2ccc(=O)n(CCCC(=O)Nc3ccc(S(=O)(=O)Nc4nccs4)cc3)n2)cc1. The monoisotopic (exact) mass is 539 g/mol. The first kappa shape index (κ1) is 26.0. The Hall–Kier alpha value is -4.03. The van der Waals surface area contributed by atoms with Gasteiger partial charge in [-0.05, 0) is 67.9 Å². The number of nitrogens with zero attached hydrogens (tertiary/aromatic N) is 3. The maximum atomic E-state index is 12.4. The fourth-order valence-corrected chi connectivity index (χ4v) is 5.22. The number of aromatic nitrogens is 3. The minimum Gasteiger partial charge on any atom is -0.494 e. The van der Waals surface area contributed by atoms with Crippen molar-refractivity contribution < 1.29 is 17.9 Å². The van der Waals surface area contributed by atoms with E-state index in [9.17, 15) is 18.0 Å². The number of hydrogen-bond acceptors (Lipinski definition) is 8. The maximum absolute atomic E-state index is 12.4. The van der Waals surface area contributed by atoms with E-state index >= 15 is 0 Å². The van der Waals surface area contributed by atoms with Crippen LogP contribution in [0.3, 0.4) is 0 Å². The number of anilines is 2. The van der Waals surface area contributed by atoms with Crippen molar-refractivity contribution in [2.75, 3.05) is 16.6 Å². The quantitative estimate of drug-likeness (QED) is 0.295. The van der Waals surface area contributed by atoms with Gasteiger partial charge >= 0.3 is 0 Å². The van der Waals surface area contributed by atoms with Gasteiger partial charge in [-0.15, -0.1) is 11.3 Å². The minimum absolute atomic E-state index is 0.0542. The number of ether oxygens (including phenoxy) is 1. The molecule has 10 nitrogen and oxygen atoms in total. The second-order valence-corrected chi connectivity index (χ2v) is 10.4. The average Bonchev–Trinajstić information content (AvgIpc) is 3.38. The van der Waals surface area contributed by atoms with Crippen LogP contribution in [0, 0.1) is 0 Å². The Morgan fingerprint density at radius 2 is 1.81 bits per heavy atom. The molecule has 0 unspecified atom stereocenters. The predicted molar refractivity (Wildman–Crippen MR) is 142 cm³/mol. The summed E-state index contributed by atoms with van der Waals surface area (Å²) >= 11 is 1.18. The van der Waals surface area contributed by atoms with Crippen LogP contribution in [-0.2, 0) is 21.4 Å². The average molecular weight is 540 g/mol. The molecule has 4 aromatic rings. The Morgan fingerprint density at radius 1 is 1.05 bits per heavy atom. The number of sulfonamides is 1. The van der Waals surface area contributed by atoms with Crippen LogP contribution in [0.15, 0.2) is 81.9 Å². The Kier molecular flexibility index (Phi) is 8.31. The Morgan fingerprint density at radius 3 is 2.49 bits per heavy atom. The molecule has 1 amide bonds. The number of hydrogen-bond donors (Lipinski definition) is 2. The summed E-state index contributed by atoms with van der Waals surface area (Å²) in [5, 5.41) is 9.10. The Bertz CT molecular complexity index is 1500. The molecule has 37 heavy (non-hydrogen) atoms. The van der Waals surface area contributed by atoms with Crippen molar-refractivity contribution in [1.82, 2.24) is 14.8 Å². The van der Waals surface area contributed by atoms with Gasteiger partial charge in [0.25, 0.3) is 15.6 Å². The Balaban J connectivity index is 1.31. The standard InChI is InChI=1S/C25H25N5O5S2/c1-2-35-20-9-5-18(6-10-20)22-13-14-24(32)30(28-22)16-3-4-23(31)27-19-7-11-21(12-8-19)37(33,34)29-25-26-15-17-36-25/h5-15,17H,2-4,16H2,1H3,(H,26,29)(H,27,31). The summed E-state index contributed by atoms with van der Waals surface area (Å²) in [7, 11) is -3.77. The summed E-state index contributed by atoms with van der Waals surface area (Å²) in [6.45, 7) is 2.77. The van der Waals surface area contributed by atoms with Crippen molar-refractivity contribution in [1.29, 1.82) is 0 Å². The first-order valence-electron chi connectivity index (χ1n) is 11.5. The van der Waals surface area contributed by atoms with Gasteiger partial charge in [-0.2, -0.15) is 5.10 Å². The van der Waals surface area contributed by atoms with E-state index in [1.54, 1.807) is 11.4 Å². The van der Waals surface area contributed by atoms with E-state index in [-0.39, 0.29) is 34.5 Å². The molecular weight excluding hydrogens is 514 g/mol. The number of thiazole rings is 1.